The van der Waals surface area contributed by atoms with Crippen LogP contribution in [0.4, 0.5) is 10.6 Å². The molecule has 2 aromatic heterocycles. The Morgan fingerprint density at radius 3 is 2.40 bits per heavy atom. The number of phosphoric acid groups is 1. The number of aromatic nitrogens is 4. The van der Waals surface area contributed by atoms with Gasteiger partial charge >= 0.3 is 13.9 Å². The smallest absolute Gasteiger partial charge is 0.444 e. The summed E-state index contributed by atoms with van der Waals surface area (Å²) in [5.74, 6) is 0.0653. The maximum atomic E-state index is 12.5. The number of carbonyl (C=O) groups excluding carboxylic acids is 1. The third-order valence-corrected chi connectivity index (χ3v) is 7.24. The number of anilines is 1. The van der Waals surface area contributed by atoms with Crippen molar-refractivity contribution in [2.75, 3.05) is 18.7 Å². The maximum Gasteiger partial charge on any atom is 0.469 e. The molecule has 228 valence electrons. The molecule has 4 atom stereocenters. The van der Waals surface area contributed by atoms with Crippen molar-refractivity contribution < 1.29 is 47.7 Å². The Labute approximate surface area is 245 Å². The molecule has 4 aromatic rings. The minimum absolute atomic E-state index is 0.0449. The number of phosphoric ester groups is 1. The summed E-state index contributed by atoms with van der Waals surface area (Å²) in [6, 6.07) is 18.5. The van der Waals surface area contributed by atoms with Crippen LogP contribution in [0, 0.1) is 0 Å². The third-order valence-electron chi connectivity index (χ3n) is 6.75. The monoisotopic (exact) mass is 615 g/mol. The summed E-state index contributed by atoms with van der Waals surface area (Å²) in [7, 11) is -4.86. The Morgan fingerprint density at radius 2 is 1.72 bits per heavy atom. The van der Waals surface area contributed by atoms with Crippen LogP contribution < -0.4 is 5.32 Å². The number of aliphatic hydroxyl groups excluding tert-OH is 1. The van der Waals surface area contributed by atoms with Crippen molar-refractivity contribution in [3.8, 4) is 0 Å². The number of carbonyl (C=O) groups is 1. The predicted octanol–water partition coefficient (Wildman–Crippen LogP) is 2.89. The zero-order chi connectivity index (χ0) is 30.5. The van der Waals surface area contributed by atoms with E-state index in [1.165, 1.54) is 17.2 Å². The molecule has 43 heavy (non-hydrogen) atoms. The maximum absolute atomic E-state index is 12.5. The molecular weight excluding hydrogens is 585 g/mol. The molecule has 1 unspecified atom stereocenters. The van der Waals surface area contributed by atoms with Gasteiger partial charge in [0.15, 0.2) is 23.2 Å². The van der Waals surface area contributed by atoms with Crippen molar-refractivity contribution in [1.82, 2.24) is 19.5 Å². The second kappa shape index (κ2) is 13.2. The molecule has 1 fully saturated rings. The Kier molecular flexibility index (Phi) is 9.44. The number of imidazole rings is 1. The number of ether oxygens (including phenoxy) is 4. The highest BCUT2D eigenvalue weighted by Gasteiger charge is 2.56. The summed E-state index contributed by atoms with van der Waals surface area (Å²) < 4.78 is 40.4. The van der Waals surface area contributed by atoms with Gasteiger partial charge in [-0.3, -0.25) is 14.4 Å². The number of aliphatic hydroxyl groups is 1. The van der Waals surface area contributed by atoms with E-state index in [1.807, 2.05) is 60.7 Å². The molecule has 16 heteroatoms. The summed E-state index contributed by atoms with van der Waals surface area (Å²) in [6.07, 6.45) is -1.95. The molecule has 0 bridgehead atoms. The minimum Gasteiger partial charge on any atom is -0.444 e. The molecule has 1 aliphatic heterocycles. The van der Waals surface area contributed by atoms with Crippen LogP contribution in [0.15, 0.2) is 73.3 Å². The average Bonchev–Trinajstić information content (AvgIpc) is 3.53. The fourth-order valence-electron chi connectivity index (χ4n) is 4.56. The molecule has 1 amide bonds. The lowest BCUT2D eigenvalue weighted by Gasteiger charge is -2.33. The number of amides is 1. The normalized spacial score (nSPS) is 22.1. The van der Waals surface area contributed by atoms with E-state index in [9.17, 15) is 24.3 Å². The number of fused-ring (bicyclic) bond motifs is 1. The SMILES string of the molecule is C[C@]1(OCOCc2ccccc2)C(O)[C@@H](COP(=O)(O)O)O[C@H]1n1cnc2c(NC(=O)OCc3ccccc3)ncnc21. The highest BCUT2D eigenvalue weighted by molar-refractivity contribution is 7.46. The summed E-state index contributed by atoms with van der Waals surface area (Å²) in [6.45, 7) is 0.950. The van der Waals surface area contributed by atoms with E-state index in [0.29, 0.717) is 0 Å². The number of benzene rings is 2. The topological polar surface area (TPSA) is 197 Å². The van der Waals surface area contributed by atoms with Crippen molar-refractivity contribution >= 4 is 30.9 Å². The van der Waals surface area contributed by atoms with Crippen LogP contribution in [0.25, 0.3) is 11.2 Å². The fraction of sp³-hybridized carbons (Fsp3) is 0.333. The molecule has 1 aliphatic rings. The summed E-state index contributed by atoms with van der Waals surface area (Å²) in [4.78, 5) is 43.6. The molecule has 0 aliphatic carbocycles. The zero-order valence-corrected chi connectivity index (χ0v) is 23.8. The lowest BCUT2D eigenvalue weighted by Crippen LogP contribution is -2.47. The van der Waals surface area contributed by atoms with Gasteiger partial charge in [0.05, 0.1) is 19.5 Å². The van der Waals surface area contributed by atoms with Crippen molar-refractivity contribution in [3.05, 3.63) is 84.4 Å². The Balaban J connectivity index is 1.35. The van der Waals surface area contributed by atoms with Gasteiger partial charge in [0.1, 0.15) is 37.5 Å². The van der Waals surface area contributed by atoms with Crippen LogP contribution in [0.5, 0.6) is 0 Å². The largest absolute Gasteiger partial charge is 0.469 e. The van der Waals surface area contributed by atoms with Gasteiger partial charge in [-0.05, 0) is 18.1 Å². The number of rotatable bonds is 12. The van der Waals surface area contributed by atoms with Gasteiger partial charge in [0, 0.05) is 0 Å². The first kappa shape index (κ1) is 30.7. The summed E-state index contributed by atoms with van der Waals surface area (Å²) in [5, 5.41) is 13.8. The zero-order valence-electron chi connectivity index (χ0n) is 22.9. The van der Waals surface area contributed by atoms with E-state index in [0.717, 1.165) is 11.1 Å². The van der Waals surface area contributed by atoms with Crippen LogP contribution >= 0.6 is 7.82 Å². The molecule has 4 N–H and O–H groups in total. The number of nitrogens with zero attached hydrogens (tertiary/aromatic N) is 4. The molecule has 2 aromatic carbocycles. The van der Waals surface area contributed by atoms with E-state index in [1.54, 1.807) is 6.92 Å². The summed E-state index contributed by atoms with van der Waals surface area (Å²) >= 11 is 0. The summed E-state index contributed by atoms with van der Waals surface area (Å²) in [5.41, 5.74) is 0.581. The highest BCUT2D eigenvalue weighted by Crippen LogP contribution is 2.44. The van der Waals surface area contributed by atoms with Crippen LogP contribution in [0.1, 0.15) is 24.3 Å². The second-order valence-electron chi connectivity index (χ2n) is 9.77. The van der Waals surface area contributed by atoms with E-state index in [-0.39, 0.29) is 37.0 Å². The first-order valence-corrected chi connectivity index (χ1v) is 14.6. The molecule has 0 saturated carbocycles. The quantitative estimate of drug-likeness (QED) is 0.103. The van der Waals surface area contributed by atoms with E-state index < -0.39 is 44.6 Å². The number of hydrogen-bond acceptors (Lipinski definition) is 11. The highest BCUT2D eigenvalue weighted by atomic mass is 31.2. The Morgan fingerprint density at radius 1 is 1.05 bits per heavy atom. The van der Waals surface area contributed by atoms with Gasteiger partial charge in [0.25, 0.3) is 0 Å². The van der Waals surface area contributed by atoms with Gasteiger partial charge in [-0.25, -0.2) is 24.3 Å². The van der Waals surface area contributed by atoms with Gasteiger partial charge in [-0.2, -0.15) is 0 Å². The van der Waals surface area contributed by atoms with Crippen LogP contribution in [0.3, 0.4) is 0 Å². The van der Waals surface area contributed by atoms with Crippen LogP contribution in [-0.4, -0.2) is 71.7 Å². The second-order valence-corrected chi connectivity index (χ2v) is 11.0. The van der Waals surface area contributed by atoms with E-state index in [4.69, 9.17) is 18.9 Å². The predicted molar refractivity (Wildman–Crippen MR) is 149 cm³/mol. The van der Waals surface area contributed by atoms with Crippen molar-refractivity contribution in [1.29, 1.82) is 0 Å². The van der Waals surface area contributed by atoms with Crippen molar-refractivity contribution in [2.24, 2.45) is 0 Å². The molecule has 3 heterocycles. The lowest BCUT2D eigenvalue weighted by molar-refractivity contribution is -0.196. The van der Waals surface area contributed by atoms with Crippen LogP contribution in [-0.2, 0) is 41.3 Å². The fourth-order valence-corrected chi connectivity index (χ4v) is 4.90. The molecular formula is C27H30N5O10P. The van der Waals surface area contributed by atoms with Gasteiger partial charge in [-0.1, -0.05) is 60.7 Å². The lowest BCUT2D eigenvalue weighted by atomic mass is 9.96. The number of hydrogen-bond donors (Lipinski definition) is 4. The molecule has 0 radical (unpaired) electrons. The Bertz CT molecular complexity index is 1570. The first-order chi connectivity index (χ1) is 20.6. The minimum atomic E-state index is -4.86. The Hall–Kier alpha value is -3.79. The first-order valence-electron chi connectivity index (χ1n) is 13.1. The van der Waals surface area contributed by atoms with E-state index >= 15 is 0 Å². The van der Waals surface area contributed by atoms with E-state index in [2.05, 4.69) is 24.8 Å². The average molecular weight is 616 g/mol. The van der Waals surface area contributed by atoms with Gasteiger partial charge in [-0.15, -0.1) is 0 Å². The molecule has 15 nitrogen and oxygen atoms in total. The molecule has 1 saturated heterocycles. The van der Waals surface area contributed by atoms with Gasteiger partial charge < -0.3 is 33.8 Å². The molecule has 0 spiro atoms. The van der Waals surface area contributed by atoms with Crippen LogP contribution in [0.2, 0.25) is 0 Å². The third kappa shape index (κ3) is 7.41. The van der Waals surface area contributed by atoms with Crippen molar-refractivity contribution in [2.45, 2.75) is 44.2 Å². The molecule has 5 rings (SSSR count). The van der Waals surface area contributed by atoms with Crippen molar-refractivity contribution in [3.63, 3.8) is 0 Å². The van der Waals surface area contributed by atoms with Gasteiger partial charge in [0.2, 0.25) is 0 Å². The number of nitrogens with one attached hydrogen (secondary N) is 1. The standard InChI is InChI=1S/C27H30N5O10P/c1-27(40-17-38-12-18-8-4-2-5-9-18)22(33)20(14-41-43(35,36)37)42-25(27)32-16-30-21-23(28-15-29-24(21)32)31-26(34)39-13-19-10-6-3-7-11-19/h2-11,15-16,20,22,25,33H,12-14,17H2,1H3,(H2,35,36,37)(H,28,29,31,34)/t20-,22?,25-,27+/m1/s1.